The zero-order valence-corrected chi connectivity index (χ0v) is 19.0. The Hall–Kier alpha value is -3.87. The van der Waals surface area contributed by atoms with Gasteiger partial charge in [-0.05, 0) is 49.6 Å². The molecule has 0 bridgehead atoms. The number of rotatable bonds is 4. The first-order valence-corrected chi connectivity index (χ1v) is 11.5. The molecule has 0 saturated carbocycles. The van der Waals surface area contributed by atoms with Crippen molar-refractivity contribution in [1.82, 2.24) is 25.1 Å². The summed E-state index contributed by atoms with van der Waals surface area (Å²) in [5.41, 5.74) is 8.20. The third-order valence-electron chi connectivity index (χ3n) is 6.58. The Kier molecular flexibility index (Phi) is 4.75. The fourth-order valence-corrected chi connectivity index (χ4v) is 4.77. The Balaban J connectivity index is 1.44. The highest BCUT2D eigenvalue weighted by Crippen LogP contribution is 2.35. The minimum absolute atomic E-state index is 0.881. The van der Waals surface area contributed by atoms with Crippen LogP contribution in [0.3, 0.4) is 0 Å². The van der Waals surface area contributed by atoms with E-state index in [1.165, 1.54) is 30.3 Å². The molecule has 1 aromatic carbocycles. The van der Waals surface area contributed by atoms with Crippen molar-refractivity contribution in [2.75, 3.05) is 37.0 Å². The van der Waals surface area contributed by atoms with Gasteiger partial charge in [-0.2, -0.15) is 5.10 Å². The number of anilines is 2. The highest BCUT2D eigenvalue weighted by molar-refractivity contribution is 6.00. The van der Waals surface area contributed by atoms with Gasteiger partial charge in [-0.1, -0.05) is 6.07 Å². The SMILES string of the molecule is CN(C)c1cncc(-c2cc3c(-c4cc5c(N6CCCCC6)cccc5[nH]4)n[nH]c3cn2)c1. The molecule has 0 spiro atoms. The van der Waals surface area contributed by atoms with E-state index in [4.69, 9.17) is 0 Å². The normalized spacial score (nSPS) is 14.3. The van der Waals surface area contributed by atoms with E-state index in [1.54, 1.807) is 0 Å². The maximum Gasteiger partial charge on any atom is 0.116 e. The van der Waals surface area contributed by atoms with Crippen LogP contribution < -0.4 is 9.80 Å². The lowest BCUT2D eigenvalue weighted by Gasteiger charge is -2.29. The van der Waals surface area contributed by atoms with E-state index >= 15 is 0 Å². The molecular formula is C26H27N7. The molecule has 0 atom stereocenters. The first-order valence-electron chi connectivity index (χ1n) is 11.5. The number of benzene rings is 1. The van der Waals surface area contributed by atoms with Crippen LogP contribution in [-0.2, 0) is 0 Å². The van der Waals surface area contributed by atoms with Gasteiger partial charge in [0.15, 0.2) is 0 Å². The van der Waals surface area contributed by atoms with Crippen molar-refractivity contribution in [3.05, 3.63) is 55.0 Å². The Labute approximate surface area is 192 Å². The molecule has 166 valence electrons. The number of hydrogen-bond acceptors (Lipinski definition) is 5. The van der Waals surface area contributed by atoms with Crippen molar-refractivity contribution in [2.45, 2.75) is 19.3 Å². The van der Waals surface area contributed by atoms with Crippen LogP contribution in [0, 0.1) is 0 Å². The zero-order valence-electron chi connectivity index (χ0n) is 19.0. The lowest BCUT2D eigenvalue weighted by molar-refractivity contribution is 0.579. The van der Waals surface area contributed by atoms with Crippen LogP contribution in [0.5, 0.6) is 0 Å². The number of hydrogen-bond donors (Lipinski definition) is 2. The average molecular weight is 438 g/mol. The van der Waals surface area contributed by atoms with Gasteiger partial charge in [0.2, 0.25) is 0 Å². The Bertz CT molecular complexity index is 1440. The van der Waals surface area contributed by atoms with Crippen LogP contribution >= 0.6 is 0 Å². The van der Waals surface area contributed by atoms with Gasteiger partial charge >= 0.3 is 0 Å². The van der Waals surface area contributed by atoms with Crippen molar-refractivity contribution in [2.24, 2.45) is 0 Å². The molecule has 0 radical (unpaired) electrons. The second-order valence-corrected chi connectivity index (χ2v) is 8.98. The standard InChI is InChI=1S/C26H27N7/c1-32(2)18-11-17(14-27-15-18)22-13-20-24(16-28-22)30-31-26(20)23-12-19-21(29-23)7-6-8-25(19)33-9-4-3-5-10-33/h6-8,11-16,29H,3-5,9-10H2,1-2H3,(H,30,31). The van der Waals surface area contributed by atoms with Crippen molar-refractivity contribution < 1.29 is 0 Å². The van der Waals surface area contributed by atoms with Gasteiger partial charge in [0.05, 0.1) is 35.0 Å². The second kappa shape index (κ2) is 7.92. The minimum Gasteiger partial charge on any atom is -0.376 e. The van der Waals surface area contributed by atoms with Crippen LogP contribution in [0.4, 0.5) is 11.4 Å². The van der Waals surface area contributed by atoms with E-state index in [0.29, 0.717) is 0 Å². The van der Waals surface area contributed by atoms with E-state index < -0.39 is 0 Å². The van der Waals surface area contributed by atoms with Gasteiger partial charge in [-0.15, -0.1) is 0 Å². The summed E-state index contributed by atoms with van der Waals surface area (Å²) in [5, 5.41) is 10.1. The summed E-state index contributed by atoms with van der Waals surface area (Å²) >= 11 is 0. The number of aromatic amines is 2. The summed E-state index contributed by atoms with van der Waals surface area (Å²) < 4.78 is 0. The number of nitrogens with zero attached hydrogens (tertiary/aromatic N) is 5. The third kappa shape index (κ3) is 3.50. The van der Waals surface area contributed by atoms with E-state index in [2.05, 4.69) is 66.4 Å². The minimum atomic E-state index is 0.881. The van der Waals surface area contributed by atoms with Crippen LogP contribution in [0.15, 0.2) is 55.0 Å². The van der Waals surface area contributed by atoms with Gasteiger partial charge in [-0.3, -0.25) is 15.1 Å². The maximum atomic E-state index is 4.66. The molecule has 0 amide bonds. The first kappa shape index (κ1) is 19.8. The van der Waals surface area contributed by atoms with Crippen LogP contribution in [0.25, 0.3) is 44.5 Å². The number of pyridine rings is 2. The fraction of sp³-hybridized carbons (Fsp3) is 0.269. The Morgan fingerprint density at radius 2 is 1.79 bits per heavy atom. The fourth-order valence-electron chi connectivity index (χ4n) is 4.77. The van der Waals surface area contributed by atoms with Crippen molar-refractivity contribution in [3.8, 4) is 22.6 Å². The highest BCUT2D eigenvalue weighted by atomic mass is 15.1. The monoisotopic (exact) mass is 437 g/mol. The lowest BCUT2D eigenvalue weighted by atomic mass is 10.1. The number of aromatic nitrogens is 5. The molecule has 0 aliphatic carbocycles. The van der Waals surface area contributed by atoms with E-state index in [1.807, 2.05) is 37.6 Å². The van der Waals surface area contributed by atoms with E-state index in [0.717, 1.165) is 57.8 Å². The lowest BCUT2D eigenvalue weighted by Crippen LogP contribution is -2.29. The summed E-state index contributed by atoms with van der Waals surface area (Å²) in [5.74, 6) is 0. The molecule has 1 aliphatic rings. The first-order chi connectivity index (χ1) is 16.2. The van der Waals surface area contributed by atoms with Gasteiger partial charge < -0.3 is 14.8 Å². The molecule has 33 heavy (non-hydrogen) atoms. The number of H-pyrrole nitrogens is 2. The predicted molar refractivity (Wildman–Crippen MR) is 135 cm³/mol. The largest absolute Gasteiger partial charge is 0.376 e. The van der Waals surface area contributed by atoms with E-state index in [9.17, 15) is 0 Å². The maximum absolute atomic E-state index is 4.66. The van der Waals surface area contributed by atoms with Crippen LogP contribution in [0.2, 0.25) is 0 Å². The number of nitrogens with one attached hydrogen (secondary N) is 2. The van der Waals surface area contributed by atoms with Crippen molar-refractivity contribution in [1.29, 1.82) is 0 Å². The Morgan fingerprint density at radius 1 is 0.909 bits per heavy atom. The quantitative estimate of drug-likeness (QED) is 0.403. The molecule has 7 nitrogen and oxygen atoms in total. The molecule has 5 aromatic rings. The van der Waals surface area contributed by atoms with Crippen LogP contribution in [-0.4, -0.2) is 52.3 Å². The molecular weight excluding hydrogens is 410 g/mol. The van der Waals surface area contributed by atoms with Gasteiger partial charge in [0.1, 0.15) is 5.69 Å². The molecule has 1 fully saturated rings. The summed E-state index contributed by atoms with van der Waals surface area (Å²) in [4.78, 5) is 17.2. The summed E-state index contributed by atoms with van der Waals surface area (Å²) in [6.45, 7) is 2.25. The molecule has 1 saturated heterocycles. The molecule has 1 aliphatic heterocycles. The predicted octanol–water partition coefficient (Wildman–Crippen LogP) is 5.22. The molecule has 4 aromatic heterocycles. The molecule has 0 unspecified atom stereocenters. The molecule has 7 heteroatoms. The van der Waals surface area contributed by atoms with Crippen LogP contribution in [0.1, 0.15) is 19.3 Å². The third-order valence-corrected chi connectivity index (χ3v) is 6.58. The van der Waals surface area contributed by atoms with Gasteiger partial charge in [0, 0.05) is 60.9 Å². The van der Waals surface area contributed by atoms with E-state index in [-0.39, 0.29) is 0 Å². The van der Waals surface area contributed by atoms with Gasteiger partial charge in [-0.25, -0.2) is 0 Å². The Morgan fingerprint density at radius 3 is 2.64 bits per heavy atom. The highest BCUT2D eigenvalue weighted by Gasteiger charge is 2.17. The zero-order chi connectivity index (χ0) is 22.4. The second-order valence-electron chi connectivity index (χ2n) is 8.98. The smallest absolute Gasteiger partial charge is 0.116 e. The summed E-state index contributed by atoms with van der Waals surface area (Å²) in [7, 11) is 4.03. The molecule has 6 rings (SSSR count). The summed E-state index contributed by atoms with van der Waals surface area (Å²) in [6.07, 6.45) is 9.41. The van der Waals surface area contributed by atoms with Crippen molar-refractivity contribution in [3.63, 3.8) is 0 Å². The van der Waals surface area contributed by atoms with Gasteiger partial charge in [0.25, 0.3) is 0 Å². The number of piperidine rings is 1. The topological polar surface area (TPSA) is 76.7 Å². The average Bonchev–Trinajstić information content (AvgIpc) is 3.48. The number of fused-ring (bicyclic) bond motifs is 2. The molecule has 2 N–H and O–H groups in total. The summed E-state index contributed by atoms with van der Waals surface area (Å²) in [6, 6.07) is 13.0. The molecule has 5 heterocycles. The van der Waals surface area contributed by atoms with Crippen molar-refractivity contribution >= 4 is 33.2 Å².